The number of hydrogen-bond donors (Lipinski definition) is 3. The molecule has 21 heavy (non-hydrogen) atoms. The third-order valence-corrected chi connectivity index (χ3v) is 3.43. The van der Waals surface area contributed by atoms with Crippen molar-refractivity contribution < 1.29 is 9.90 Å². The zero-order valence-corrected chi connectivity index (χ0v) is 12.6. The molecule has 2 rings (SSSR count). The van der Waals surface area contributed by atoms with Gasteiger partial charge >= 0.3 is 6.03 Å². The molecule has 0 saturated carbocycles. The van der Waals surface area contributed by atoms with E-state index in [1.165, 1.54) is 4.90 Å². The molecule has 6 nitrogen and oxygen atoms in total. The number of aliphatic hydroxyl groups excluding tert-OH is 1. The fraction of sp³-hybridized carbons (Fsp3) is 0.467. The van der Waals surface area contributed by atoms with Crippen LogP contribution in [-0.2, 0) is 0 Å². The van der Waals surface area contributed by atoms with Crippen molar-refractivity contribution in [3.63, 3.8) is 0 Å². The number of nitrogens with zero attached hydrogens (tertiary/aromatic N) is 2. The second-order valence-corrected chi connectivity index (χ2v) is 5.46. The van der Waals surface area contributed by atoms with Crippen LogP contribution >= 0.6 is 0 Å². The zero-order chi connectivity index (χ0) is 15.4. The summed E-state index contributed by atoms with van der Waals surface area (Å²) in [6, 6.07) is 7.36. The molecule has 1 aromatic carbocycles. The molecule has 2 amide bonds. The minimum absolute atomic E-state index is 0.0547. The first-order valence-corrected chi connectivity index (χ1v) is 7.10. The number of urea groups is 1. The molecule has 0 fully saturated rings. The molecule has 114 valence electrons. The van der Waals surface area contributed by atoms with E-state index in [0.717, 1.165) is 16.9 Å². The number of para-hydroxylation sites is 2. The number of aliphatic hydroxyl groups is 1. The third kappa shape index (κ3) is 3.52. The van der Waals surface area contributed by atoms with Gasteiger partial charge in [-0.2, -0.15) is 0 Å². The quantitative estimate of drug-likeness (QED) is 0.786. The molecular formula is C15H22N4O2. The predicted octanol–water partition coefficient (Wildman–Crippen LogP) is 1.89. The molecule has 1 unspecified atom stereocenters. The van der Waals surface area contributed by atoms with Crippen molar-refractivity contribution in [1.29, 1.82) is 0 Å². The van der Waals surface area contributed by atoms with Crippen LogP contribution in [0.1, 0.15) is 25.7 Å². The molecule has 2 aromatic rings. The molecule has 0 aliphatic carbocycles. The van der Waals surface area contributed by atoms with Crippen molar-refractivity contribution in [2.24, 2.45) is 5.92 Å². The molecule has 1 heterocycles. The van der Waals surface area contributed by atoms with Crippen LogP contribution < -0.4 is 5.32 Å². The summed E-state index contributed by atoms with van der Waals surface area (Å²) in [5, 5.41) is 11.9. The van der Waals surface area contributed by atoms with E-state index in [9.17, 15) is 4.79 Å². The number of hydrogen-bond acceptors (Lipinski definition) is 3. The standard InChI is InChI=1S/C15H22N4O2/c1-10(2)13(18-15(21)19(3)8-9-20)14-16-11-6-4-5-7-12(11)17-14/h4-7,10,13,20H,8-9H2,1-3H3,(H,16,17)(H,18,21). The molecule has 0 aliphatic rings. The van der Waals surface area contributed by atoms with Gasteiger partial charge in [-0.05, 0) is 18.1 Å². The summed E-state index contributed by atoms with van der Waals surface area (Å²) in [5.41, 5.74) is 1.84. The van der Waals surface area contributed by atoms with Crippen LogP contribution in [0.15, 0.2) is 24.3 Å². The van der Waals surface area contributed by atoms with Gasteiger partial charge < -0.3 is 20.3 Å². The lowest BCUT2D eigenvalue weighted by Gasteiger charge is -2.24. The van der Waals surface area contributed by atoms with Crippen LogP contribution in [0.5, 0.6) is 0 Å². The molecule has 1 atom stereocenters. The van der Waals surface area contributed by atoms with Gasteiger partial charge in [0.2, 0.25) is 0 Å². The lowest BCUT2D eigenvalue weighted by atomic mass is 10.0. The van der Waals surface area contributed by atoms with Crippen molar-refractivity contribution in [2.75, 3.05) is 20.2 Å². The molecular weight excluding hydrogens is 268 g/mol. The minimum atomic E-state index is -0.219. The van der Waals surface area contributed by atoms with E-state index in [1.54, 1.807) is 7.05 Å². The lowest BCUT2D eigenvalue weighted by molar-refractivity contribution is 0.183. The smallest absolute Gasteiger partial charge is 0.317 e. The summed E-state index contributed by atoms with van der Waals surface area (Å²) in [4.78, 5) is 21.4. The van der Waals surface area contributed by atoms with Crippen LogP contribution in [0.3, 0.4) is 0 Å². The fourth-order valence-corrected chi connectivity index (χ4v) is 2.17. The third-order valence-electron chi connectivity index (χ3n) is 3.43. The summed E-state index contributed by atoms with van der Waals surface area (Å²) in [6.45, 7) is 4.31. The van der Waals surface area contributed by atoms with Crippen molar-refractivity contribution in [3.8, 4) is 0 Å². The topological polar surface area (TPSA) is 81.2 Å². The number of aromatic amines is 1. The number of H-pyrrole nitrogens is 1. The number of carbonyl (C=O) groups excluding carboxylic acids is 1. The molecule has 6 heteroatoms. The Morgan fingerprint density at radius 3 is 2.76 bits per heavy atom. The van der Waals surface area contributed by atoms with Crippen molar-refractivity contribution in [1.82, 2.24) is 20.2 Å². The Labute approximate surface area is 124 Å². The lowest BCUT2D eigenvalue weighted by Crippen LogP contribution is -2.42. The highest BCUT2D eigenvalue weighted by molar-refractivity contribution is 5.76. The van der Waals surface area contributed by atoms with E-state index in [0.29, 0.717) is 6.54 Å². The van der Waals surface area contributed by atoms with Crippen LogP contribution in [0.25, 0.3) is 11.0 Å². The fourth-order valence-electron chi connectivity index (χ4n) is 2.17. The monoisotopic (exact) mass is 290 g/mol. The largest absolute Gasteiger partial charge is 0.395 e. The summed E-state index contributed by atoms with van der Waals surface area (Å²) < 4.78 is 0. The highest BCUT2D eigenvalue weighted by Gasteiger charge is 2.23. The van der Waals surface area contributed by atoms with E-state index in [1.807, 2.05) is 38.1 Å². The number of aromatic nitrogens is 2. The van der Waals surface area contributed by atoms with Crippen molar-refractivity contribution in [3.05, 3.63) is 30.1 Å². The highest BCUT2D eigenvalue weighted by Crippen LogP contribution is 2.22. The zero-order valence-electron chi connectivity index (χ0n) is 12.6. The maximum absolute atomic E-state index is 12.1. The molecule has 0 aliphatic heterocycles. The average molecular weight is 290 g/mol. The predicted molar refractivity (Wildman–Crippen MR) is 81.9 cm³/mol. The van der Waals surface area contributed by atoms with E-state index >= 15 is 0 Å². The van der Waals surface area contributed by atoms with Gasteiger partial charge in [-0.15, -0.1) is 0 Å². The van der Waals surface area contributed by atoms with Crippen LogP contribution in [0, 0.1) is 5.92 Å². The Morgan fingerprint density at radius 1 is 1.43 bits per heavy atom. The molecule has 0 radical (unpaired) electrons. The van der Waals surface area contributed by atoms with Gasteiger partial charge in [0.25, 0.3) is 0 Å². The maximum Gasteiger partial charge on any atom is 0.317 e. The number of likely N-dealkylation sites (N-methyl/N-ethyl adjacent to an activating group) is 1. The van der Waals surface area contributed by atoms with Crippen molar-refractivity contribution in [2.45, 2.75) is 19.9 Å². The normalized spacial score (nSPS) is 12.6. The first-order valence-electron chi connectivity index (χ1n) is 7.10. The number of fused-ring (bicyclic) bond motifs is 1. The van der Waals surface area contributed by atoms with Gasteiger partial charge in [-0.25, -0.2) is 9.78 Å². The molecule has 0 saturated heterocycles. The number of imidazole rings is 1. The van der Waals surface area contributed by atoms with Gasteiger partial charge in [0, 0.05) is 13.6 Å². The average Bonchev–Trinajstić information content (AvgIpc) is 2.87. The first kappa shape index (κ1) is 15.3. The Bertz CT molecular complexity index is 575. The second kappa shape index (κ2) is 6.58. The second-order valence-electron chi connectivity index (χ2n) is 5.46. The Kier molecular flexibility index (Phi) is 4.80. The van der Waals surface area contributed by atoms with Gasteiger partial charge in [0.1, 0.15) is 5.82 Å². The summed E-state index contributed by atoms with van der Waals surface area (Å²) in [5.74, 6) is 0.939. The molecule has 0 spiro atoms. The summed E-state index contributed by atoms with van der Waals surface area (Å²) in [6.07, 6.45) is 0. The van der Waals surface area contributed by atoms with Crippen LogP contribution in [-0.4, -0.2) is 46.2 Å². The Hall–Kier alpha value is -2.08. The number of amides is 2. The highest BCUT2D eigenvalue weighted by atomic mass is 16.3. The first-order chi connectivity index (χ1) is 10.0. The number of nitrogens with one attached hydrogen (secondary N) is 2. The molecule has 1 aromatic heterocycles. The van der Waals surface area contributed by atoms with E-state index < -0.39 is 0 Å². The van der Waals surface area contributed by atoms with Crippen LogP contribution in [0.2, 0.25) is 0 Å². The van der Waals surface area contributed by atoms with Crippen molar-refractivity contribution >= 4 is 17.1 Å². The minimum Gasteiger partial charge on any atom is -0.395 e. The maximum atomic E-state index is 12.1. The number of carbonyl (C=O) groups is 1. The Balaban J connectivity index is 2.20. The summed E-state index contributed by atoms with van der Waals surface area (Å²) >= 11 is 0. The molecule has 0 bridgehead atoms. The number of rotatable bonds is 5. The Morgan fingerprint density at radius 2 is 2.14 bits per heavy atom. The van der Waals surface area contributed by atoms with Gasteiger partial charge in [-0.3, -0.25) is 0 Å². The number of benzene rings is 1. The summed E-state index contributed by atoms with van der Waals surface area (Å²) in [7, 11) is 1.65. The van der Waals surface area contributed by atoms with Gasteiger partial charge in [0.15, 0.2) is 0 Å². The SMILES string of the molecule is CC(C)C(NC(=O)N(C)CCO)c1nc2ccccc2[nH]1. The van der Waals surface area contributed by atoms with E-state index in [4.69, 9.17) is 5.11 Å². The van der Waals surface area contributed by atoms with Crippen LogP contribution in [0.4, 0.5) is 4.79 Å². The van der Waals surface area contributed by atoms with E-state index in [2.05, 4.69) is 15.3 Å². The van der Waals surface area contributed by atoms with Gasteiger partial charge in [0.05, 0.1) is 23.7 Å². The molecule has 3 N–H and O–H groups in total. The van der Waals surface area contributed by atoms with E-state index in [-0.39, 0.29) is 24.6 Å². The van der Waals surface area contributed by atoms with Gasteiger partial charge in [-0.1, -0.05) is 26.0 Å².